The monoisotopic (exact) mass is 497 g/mol. The molecular weight excluding hydrogens is 465 g/mol. The van der Waals surface area contributed by atoms with Gasteiger partial charge in [-0.1, -0.05) is 13.8 Å². The molecule has 2 fully saturated rings. The predicted octanol–water partition coefficient (Wildman–Crippen LogP) is -5.96. The number of aliphatic hydroxyl groups is 2. The molecule has 0 aromatic heterocycles. The first-order chi connectivity index (χ1) is 14.9. The van der Waals surface area contributed by atoms with Gasteiger partial charge in [-0.15, -0.1) is 0 Å². The number of fused-ring (bicyclic) bond motifs is 1. The Balaban J connectivity index is 0.00000544. The third kappa shape index (κ3) is 7.06. The van der Waals surface area contributed by atoms with Crippen LogP contribution < -0.4 is 45.3 Å². The van der Waals surface area contributed by atoms with E-state index in [1.54, 1.807) is 13.8 Å². The Bertz CT molecular complexity index is 738. The summed E-state index contributed by atoms with van der Waals surface area (Å²) in [5.41, 5.74) is -1.08. The Morgan fingerprint density at radius 3 is 2.45 bits per heavy atom. The number of hydrogen-bond donors (Lipinski definition) is 5. The number of aliphatic hydroxyl groups excluding tert-OH is 2. The van der Waals surface area contributed by atoms with Crippen molar-refractivity contribution < 1.29 is 68.8 Å². The molecule has 4 N–H and O–H groups in total. The topological polar surface area (TPSA) is 168 Å². The van der Waals surface area contributed by atoms with Gasteiger partial charge in [-0.3, -0.25) is 14.4 Å². The molecule has 2 saturated heterocycles. The van der Waals surface area contributed by atoms with Gasteiger partial charge in [0.2, 0.25) is 17.7 Å². The molecule has 2 aliphatic rings. The van der Waals surface area contributed by atoms with Crippen molar-refractivity contribution in [1.29, 1.82) is 0 Å². The molecule has 182 valence electrons. The number of nitrogens with one attached hydrogen (secondary N) is 2. The molecule has 33 heavy (non-hydrogen) atoms. The largest absolute Gasteiger partial charge is 1.00 e. The molecule has 0 saturated carbocycles. The Morgan fingerprint density at radius 1 is 1.27 bits per heavy atom. The SMILES string of the molecule is CC(O)C1C(=O)N2C1CC(OCC(C)(C)C(O)C(=O)NCCC(=O)NCCS)C2C(=O)[O-].[Na+]. The van der Waals surface area contributed by atoms with Gasteiger partial charge in [0.1, 0.15) is 6.10 Å². The number of carbonyl (C=O) groups is 4. The molecule has 2 heterocycles. The zero-order valence-electron chi connectivity index (χ0n) is 19.4. The summed E-state index contributed by atoms with van der Waals surface area (Å²) in [4.78, 5) is 48.9. The Kier molecular flexibility index (Phi) is 11.6. The van der Waals surface area contributed by atoms with Crippen molar-refractivity contribution in [3.63, 3.8) is 0 Å². The van der Waals surface area contributed by atoms with E-state index in [1.807, 2.05) is 0 Å². The van der Waals surface area contributed by atoms with Crippen LogP contribution >= 0.6 is 12.6 Å². The number of carboxylic acids is 1. The fourth-order valence-electron chi connectivity index (χ4n) is 4.13. The second-order valence-electron chi connectivity index (χ2n) is 8.93. The first kappa shape index (κ1) is 30.1. The van der Waals surface area contributed by atoms with Crippen LogP contribution in [-0.4, -0.2) is 94.6 Å². The molecule has 6 unspecified atom stereocenters. The summed E-state index contributed by atoms with van der Waals surface area (Å²) in [5, 5.41) is 37.0. The molecule has 0 spiro atoms. The molecule has 0 bridgehead atoms. The third-order valence-corrected chi connectivity index (χ3v) is 6.17. The first-order valence-electron chi connectivity index (χ1n) is 10.6. The van der Waals surface area contributed by atoms with Crippen LogP contribution in [0.15, 0.2) is 0 Å². The summed E-state index contributed by atoms with van der Waals surface area (Å²) in [6.45, 7) is 4.94. The minimum Gasteiger partial charge on any atom is -0.548 e. The minimum absolute atomic E-state index is 0. The van der Waals surface area contributed by atoms with E-state index >= 15 is 0 Å². The van der Waals surface area contributed by atoms with E-state index in [4.69, 9.17) is 4.74 Å². The molecular formula is C20H32N3NaO8S. The maximum Gasteiger partial charge on any atom is 1.00 e. The molecule has 2 rings (SSSR count). The van der Waals surface area contributed by atoms with Crippen LogP contribution in [-0.2, 0) is 23.9 Å². The molecule has 6 atom stereocenters. The third-order valence-electron chi connectivity index (χ3n) is 5.94. The van der Waals surface area contributed by atoms with Crippen LogP contribution in [0.4, 0.5) is 0 Å². The molecule has 11 nitrogen and oxygen atoms in total. The molecule has 2 aliphatic heterocycles. The van der Waals surface area contributed by atoms with Crippen LogP contribution in [0, 0.1) is 11.3 Å². The van der Waals surface area contributed by atoms with Crippen molar-refractivity contribution in [3.8, 4) is 0 Å². The van der Waals surface area contributed by atoms with E-state index < -0.39 is 59.5 Å². The fourth-order valence-corrected chi connectivity index (χ4v) is 4.24. The average molecular weight is 498 g/mol. The molecule has 0 aromatic rings. The van der Waals surface area contributed by atoms with Crippen molar-refractivity contribution in [3.05, 3.63) is 0 Å². The van der Waals surface area contributed by atoms with E-state index in [9.17, 15) is 34.5 Å². The van der Waals surface area contributed by atoms with Gasteiger partial charge in [-0.05, 0) is 13.3 Å². The fraction of sp³-hybridized carbons (Fsp3) is 0.800. The number of ether oxygens (including phenoxy) is 1. The minimum atomic E-state index is -1.48. The summed E-state index contributed by atoms with van der Waals surface area (Å²) in [6, 6.07) is -1.75. The van der Waals surface area contributed by atoms with E-state index in [0.717, 1.165) is 0 Å². The summed E-state index contributed by atoms with van der Waals surface area (Å²) in [5.74, 6) is -3.03. The van der Waals surface area contributed by atoms with Gasteiger partial charge >= 0.3 is 29.6 Å². The van der Waals surface area contributed by atoms with Crippen LogP contribution in [0.2, 0.25) is 0 Å². The van der Waals surface area contributed by atoms with Crippen LogP contribution in [0.3, 0.4) is 0 Å². The van der Waals surface area contributed by atoms with Gasteiger partial charge < -0.3 is 40.4 Å². The number of aliphatic carboxylic acids is 1. The van der Waals surface area contributed by atoms with E-state index in [-0.39, 0.29) is 61.5 Å². The van der Waals surface area contributed by atoms with Gasteiger partial charge in [-0.2, -0.15) is 12.6 Å². The molecule has 3 amide bonds. The maximum atomic E-state index is 12.3. The summed E-state index contributed by atoms with van der Waals surface area (Å²) in [6.07, 6.45) is -3.02. The number of carbonyl (C=O) groups excluding carboxylic acids is 4. The normalized spacial score (nSPS) is 25.9. The standard InChI is InChI=1S/C20H33N3O8S.Na/c1-10(24)14-11-8-12(15(19(29)30)23(11)18(14)28)31-9-20(2,3)16(26)17(27)22-5-4-13(25)21-6-7-32;/h10-12,14-16,24,26,32H,4-9H2,1-3H3,(H,21,25)(H,22,27)(H,29,30);/q;+1/p-1. The molecule has 0 radical (unpaired) electrons. The predicted molar refractivity (Wildman–Crippen MR) is 113 cm³/mol. The summed E-state index contributed by atoms with van der Waals surface area (Å²) in [7, 11) is 0. The average Bonchev–Trinajstić information content (AvgIpc) is 3.04. The zero-order chi connectivity index (χ0) is 24.2. The van der Waals surface area contributed by atoms with E-state index in [2.05, 4.69) is 23.3 Å². The van der Waals surface area contributed by atoms with Crippen molar-refractivity contribution in [2.75, 3.05) is 25.4 Å². The van der Waals surface area contributed by atoms with Gasteiger partial charge in [0.25, 0.3) is 0 Å². The molecule has 0 aliphatic carbocycles. The molecule has 0 aromatic carbocycles. The van der Waals surface area contributed by atoms with Gasteiger partial charge in [-0.25, -0.2) is 0 Å². The van der Waals surface area contributed by atoms with Crippen LogP contribution in [0.5, 0.6) is 0 Å². The summed E-state index contributed by atoms with van der Waals surface area (Å²) < 4.78 is 5.75. The van der Waals surface area contributed by atoms with Crippen molar-refractivity contribution in [2.24, 2.45) is 11.3 Å². The van der Waals surface area contributed by atoms with Gasteiger partial charge in [0, 0.05) is 36.7 Å². The van der Waals surface area contributed by atoms with Gasteiger partial charge in [0.15, 0.2) is 0 Å². The number of carboxylic acid groups (broad SMARTS) is 1. The number of nitrogens with zero attached hydrogens (tertiary/aromatic N) is 1. The second-order valence-corrected chi connectivity index (χ2v) is 9.38. The number of hydrogen-bond acceptors (Lipinski definition) is 9. The van der Waals surface area contributed by atoms with E-state index in [1.165, 1.54) is 11.8 Å². The Hall–Kier alpha value is -0.890. The maximum absolute atomic E-state index is 12.3. The van der Waals surface area contributed by atoms with Crippen molar-refractivity contribution in [2.45, 2.75) is 64.0 Å². The van der Waals surface area contributed by atoms with Crippen LogP contribution in [0.1, 0.15) is 33.6 Å². The number of thiol groups is 1. The quantitative estimate of drug-likeness (QED) is 0.101. The second kappa shape index (κ2) is 12.7. The first-order valence-corrected chi connectivity index (χ1v) is 11.2. The number of rotatable bonds is 12. The summed E-state index contributed by atoms with van der Waals surface area (Å²) >= 11 is 3.98. The zero-order valence-corrected chi connectivity index (χ0v) is 22.3. The van der Waals surface area contributed by atoms with Crippen molar-refractivity contribution >= 4 is 36.3 Å². The number of amides is 3. The smallest absolute Gasteiger partial charge is 0.548 e. The van der Waals surface area contributed by atoms with Crippen LogP contribution in [0.25, 0.3) is 0 Å². The molecule has 13 heteroatoms. The van der Waals surface area contributed by atoms with E-state index in [0.29, 0.717) is 12.3 Å². The Morgan fingerprint density at radius 2 is 1.91 bits per heavy atom. The number of β-lactam (4-membered cyclic amide) rings is 1. The Labute approximate surface area is 220 Å². The van der Waals surface area contributed by atoms with Gasteiger partial charge in [0.05, 0.1) is 36.7 Å². The van der Waals surface area contributed by atoms with Crippen molar-refractivity contribution in [1.82, 2.24) is 15.5 Å².